The maximum Gasteiger partial charge on any atom is 0.352 e. The molecule has 0 bridgehead atoms. The summed E-state index contributed by atoms with van der Waals surface area (Å²) < 4.78 is 24.6. The van der Waals surface area contributed by atoms with Crippen molar-refractivity contribution in [1.82, 2.24) is 0 Å². The minimum atomic E-state index is -4.18. The zero-order chi connectivity index (χ0) is 17.6. The molecular formula is C16H16N2O5S. The van der Waals surface area contributed by atoms with Crippen molar-refractivity contribution in [2.45, 2.75) is 23.8 Å². The Hall–Kier alpha value is -2.74. The van der Waals surface area contributed by atoms with Crippen LogP contribution in [-0.2, 0) is 21.3 Å². The van der Waals surface area contributed by atoms with Gasteiger partial charge in [-0.2, -0.15) is 0 Å². The second-order valence-corrected chi connectivity index (χ2v) is 7.09. The van der Waals surface area contributed by atoms with Crippen LogP contribution in [0, 0.1) is 17.0 Å². The van der Waals surface area contributed by atoms with Gasteiger partial charge in [0, 0.05) is 4.92 Å². The molecule has 0 aliphatic rings. The van der Waals surface area contributed by atoms with Crippen molar-refractivity contribution in [1.29, 1.82) is 0 Å². The van der Waals surface area contributed by atoms with E-state index in [1.54, 1.807) is 6.07 Å². The summed E-state index contributed by atoms with van der Waals surface area (Å²) in [5.74, 6) is 0. The minimum absolute atomic E-state index is 0.0899. The molecule has 0 radical (unpaired) electrons. The van der Waals surface area contributed by atoms with E-state index >= 15 is 0 Å². The summed E-state index contributed by atoms with van der Waals surface area (Å²) in [4.78, 5) is 15.0. The number of benzene rings is 2. The summed E-state index contributed by atoms with van der Waals surface area (Å²) in [6.07, 6.45) is 0.691. The maximum absolute atomic E-state index is 12.3. The van der Waals surface area contributed by atoms with Crippen LogP contribution >= 0.6 is 0 Å². The molecule has 1 unspecified atom stereocenters. The van der Waals surface area contributed by atoms with E-state index < -0.39 is 20.1 Å². The number of nitro groups is 1. The molecule has 1 atom stereocenters. The highest BCUT2D eigenvalue weighted by Gasteiger charge is 2.36. The molecule has 126 valence electrons. The van der Waals surface area contributed by atoms with Crippen LogP contribution in [0.2, 0.25) is 0 Å². The summed E-state index contributed by atoms with van der Waals surface area (Å²) in [7, 11) is -4.18. The second kappa shape index (κ2) is 7.69. The third-order valence-corrected chi connectivity index (χ3v) is 5.07. The van der Waals surface area contributed by atoms with Gasteiger partial charge in [0.25, 0.3) is 9.84 Å². The van der Waals surface area contributed by atoms with Crippen LogP contribution < -0.4 is 0 Å². The van der Waals surface area contributed by atoms with Crippen molar-refractivity contribution >= 4 is 16.1 Å². The van der Waals surface area contributed by atoms with Gasteiger partial charge in [-0.25, -0.2) is 8.42 Å². The van der Waals surface area contributed by atoms with Crippen LogP contribution in [0.4, 0.5) is 0 Å². The van der Waals surface area contributed by atoms with Gasteiger partial charge in [-0.05, 0) is 24.6 Å². The molecule has 0 N–H and O–H groups in total. The largest absolute Gasteiger partial charge is 0.391 e. The monoisotopic (exact) mass is 348 g/mol. The normalized spacial score (nSPS) is 12.9. The lowest BCUT2D eigenvalue weighted by Crippen LogP contribution is -2.31. The maximum atomic E-state index is 12.3. The number of hydrogen-bond donors (Lipinski definition) is 0. The lowest BCUT2D eigenvalue weighted by atomic mass is 10.2. The summed E-state index contributed by atoms with van der Waals surface area (Å²) in [6, 6.07) is 14.7. The Morgan fingerprint density at radius 1 is 1.17 bits per heavy atom. The minimum Gasteiger partial charge on any atom is -0.391 e. The standard InChI is InChI=1S/C16H16N2O5S/c1-13-7-9-14(10-8-13)12-23-17-11-16(18(19)20)24(21,22)15-5-3-2-4-6-15/h2-11,16H,12H2,1H3. The molecular weight excluding hydrogens is 332 g/mol. The quantitative estimate of drug-likeness (QED) is 0.435. The number of nitrogens with zero attached hydrogens (tertiary/aromatic N) is 2. The van der Waals surface area contributed by atoms with Crippen molar-refractivity contribution < 1.29 is 18.2 Å². The van der Waals surface area contributed by atoms with Crippen LogP contribution in [0.1, 0.15) is 11.1 Å². The van der Waals surface area contributed by atoms with E-state index in [0.29, 0.717) is 6.21 Å². The topological polar surface area (TPSA) is 98.9 Å². The van der Waals surface area contributed by atoms with Crippen molar-refractivity contribution in [2.24, 2.45) is 5.16 Å². The van der Waals surface area contributed by atoms with Gasteiger partial charge in [0.15, 0.2) is 0 Å². The lowest BCUT2D eigenvalue weighted by molar-refractivity contribution is -0.478. The fraction of sp³-hybridized carbons (Fsp3) is 0.188. The first-order chi connectivity index (χ1) is 11.4. The Morgan fingerprint density at radius 2 is 1.79 bits per heavy atom. The molecule has 0 aliphatic carbocycles. The van der Waals surface area contributed by atoms with Gasteiger partial charge < -0.3 is 4.84 Å². The first kappa shape index (κ1) is 17.6. The fourth-order valence-corrected chi connectivity index (χ4v) is 3.14. The summed E-state index contributed by atoms with van der Waals surface area (Å²) in [5, 5.41) is 12.6. The molecule has 24 heavy (non-hydrogen) atoms. The van der Waals surface area contributed by atoms with Crippen molar-refractivity contribution in [2.75, 3.05) is 0 Å². The Bertz CT molecular complexity index is 817. The average molecular weight is 348 g/mol. The molecule has 0 fully saturated rings. The van der Waals surface area contributed by atoms with E-state index in [1.165, 1.54) is 24.3 Å². The van der Waals surface area contributed by atoms with Gasteiger partial charge in [-0.15, -0.1) is 0 Å². The molecule has 0 heterocycles. The highest BCUT2D eigenvalue weighted by Crippen LogP contribution is 2.15. The SMILES string of the molecule is Cc1ccc(CON=CC([N+](=O)[O-])S(=O)(=O)c2ccccc2)cc1. The Morgan fingerprint density at radius 3 is 2.38 bits per heavy atom. The van der Waals surface area contributed by atoms with Crippen molar-refractivity contribution in [3.63, 3.8) is 0 Å². The van der Waals surface area contributed by atoms with Crippen LogP contribution in [0.3, 0.4) is 0 Å². The number of oxime groups is 1. The van der Waals surface area contributed by atoms with Gasteiger partial charge in [0.05, 0.1) is 4.90 Å². The Kier molecular flexibility index (Phi) is 5.64. The zero-order valence-corrected chi connectivity index (χ0v) is 13.7. The molecule has 7 nitrogen and oxygen atoms in total. The van der Waals surface area contributed by atoms with E-state index in [2.05, 4.69) is 5.16 Å². The molecule has 0 aromatic heterocycles. The van der Waals surface area contributed by atoms with Crippen LogP contribution in [0.15, 0.2) is 64.6 Å². The molecule has 0 aliphatic heterocycles. The molecule has 0 spiro atoms. The van der Waals surface area contributed by atoms with E-state index in [4.69, 9.17) is 4.84 Å². The number of aryl methyl sites for hydroxylation is 1. The first-order valence-corrected chi connectivity index (χ1v) is 8.59. The third-order valence-electron chi connectivity index (χ3n) is 3.21. The predicted octanol–water partition coefficient (Wildman–Crippen LogP) is 2.57. The number of hydrogen-bond acceptors (Lipinski definition) is 6. The molecule has 2 rings (SSSR count). The van der Waals surface area contributed by atoms with Gasteiger partial charge >= 0.3 is 5.37 Å². The summed E-state index contributed by atoms with van der Waals surface area (Å²) >= 11 is 0. The smallest absolute Gasteiger partial charge is 0.352 e. The highest BCUT2D eigenvalue weighted by molar-refractivity contribution is 7.92. The lowest BCUT2D eigenvalue weighted by Gasteiger charge is -2.06. The van der Waals surface area contributed by atoms with E-state index in [0.717, 1.165) is 11.1 Å². The molecule has 0 amide bonds. The van der Waals surface area contributed by atoms with Gasteiger partial charge in [-0.1, -0.05) is 53.2 Å². The summed E-state index contributed by atoms with van der Waals surface area (Å²) in [5.41, 5.74) is 1.91. The van der Waals surface area contributed by atoms with Crippen molar-refractivity contribution in [3.05, 3.63) is 75.8 Å². The van der Waals surface area contributed by atoms with E-state index in [9.17, 15) is 18.5 Å². The number of sulfone groups is 1. The molecule has 2 aromatic carbocycles. The molecule has 0 saturated heterocycles. The van der Waals surface area contributed by atoms with Crippen LogP contribution in [0.25, 0.3) is 0 Å². The van der Waals surface area contributed by atoms with Gasteiger partial charge in [0.1, 0.15) is 12.8 Å². The predicted molar refractivity (Wildman–Crippen MR) is 88.9 cm³/mol. The van der Waals surface area contributed by atoms with Gasteiger partial charge in [-0.3, -0.25) is 10.1 Å². The second-order valence-electron chi connectivity index (χ2n) is 5.05. The summed E-state index contributed by atoms with van der Waals surface area (Å²) in [6.45, 7) is 2.03. The zero-order valence-electron chi connectivity index (χ0n) is 12.9. The molecule has 8 heteroatoms. The van der Waals surface area contributed by atoms with Crippen LogP contribution in [-0.4, -0.2) is 24.9 Å². The van der Waals surface area contributed by atoms with E-state index in [-0.39, 0.29) is 11.5 Å². The van der Waals surface area contributed by atoms with E-state index in [1.807, 2.05) is 31.2 Å². The third kappa shape index (κ3) is 4.39. The van der Waals surface area contributed by atoms with Crippen LogP contribution in [0.5, 0.6) is 0 Å². The first-order valence-electron chi connectivity index (χ1n) is 7.04. The average Bonchev–Trinajstić information content (AvgIpc) is 2.56. The Balaban J connectivity index is 2.08. The highest BCUT2D eigenvalue weighted by atomic mass is 32.2. The fourth-order valence-electron chi connectivity index (χ4n) is 1.89. The number of rotatable bonds is 7. The van der Waals surface area contributed by atoms with Crippen molar-refractivity contribution in [3.8, 4) is 0 Å². The molecule has 0 saturated carbocycles. The van der Waals surface area contributed by atoms with Gasteiger partial charge in [0.2, 0.25) is 0 Å². The molecule has 2 aromatic rings. The Labute approximate surface area is 139 Å².